The van der Waals surface area contributed by atoms with Crippen LogP contribution in [-0.4, -0.2) is 45.7 Å². The molecule has 2 rings (SSSR count). The number of hydrogen-bond acceptors (Lipinski definition) is 4. The van der Waals surface area contributed by atoms with Crippen LogP contribution in [0.2, 0.25) is 0 Å². The third kappa shape index (κ3) is 1.10. The minimum Gasteiger partial charge on any atom is -0.305 e. The summed E-state index contributed by atoms with van der Waals surface area (Å²) in [5.74, 6) is 0.840. The molecule has 0 spiro atoms. The number of nitrogens with one attached hydrogen (secondary N) is 1. The van der Waals surface area contributed by atoms with Crippen LogP contribution in [0, 0.1) is 0 Å². The molecule has 2 heterocycles. The van der Waals surface area contributed by atoms with Crippen LogP contribution in [-0.2, 0) is 5.41 Å². The van der Waals surface area contributed by atoms with Gasteiger partial charge in [-0.15, -0.1) is 10.2 Å². The molecule has 0 amide bonds. The van der Waals surface area contributed by atoms with Gasteiger partial charge >= 0.3 is 0 Å². The van der Waals surface area contributed by atoms with Crippen molar-refractivity contribution in [1.82, 2.24) is 25.5 Å². The Labute approximate surface area is 71.1 Å². The van der Waals surface area contributed by atoms with Crippen LogP contribution in [0.4, 0.5) is 0 Å². The van der Waals surface area contributed by atoms with Crippen molar-refractivity contribution in [3.8, 4) is 0 Å². The maximum absolute atomic E-state index is 4.03. The van der Waals surface area contributed by atoms with E-state index in [4.69, 9.17) is 0 Å². The minimum atomic E-state index is 0.0990. The molecule has 5 nitrogen and oxygen atoms in total. The highest BCUT2D eigenvalue weighted by Gasteiger charge is 2.37. The SMILES string of the molecule is CN1CCC(C)(c2nn[nH]n2)C1. The Balaban J connectivity index is 2.23. The van der Waals surface area contributed by atoms with Crippen LogP contribution in [0.3, 0.4) is 0 Å². The molecule has 1 fully saturated rings. The number of likely N-dealkylation sites (N-methyl/N-ethyl adjacent to an activating group) is 1. The van der Waals surface area contributed by atoms with Gasteiger partial charge in [-0.3, -0.25) is 0 Å². The molecule has 1 aromatic rings. The first kappa shape index (κ1) is 7.67. The molecule has 1 atom stereocenters. The molecule has 0 saturated carbocycles. The van der Waals surface area contributed by atoms with Crippen LogP contribution >= 0.6 is 0 Å². The topological polar surface area (TPSA) is 57.7 Å². The van der Waals surface area contributed by atoms with Gasteiger partial charge in [-0.05, 0) is 20.0 Å². The lowest BCUT2D eigenvalue weighted by molar-refractivity contribution is 0.373. The zero-order valence-corrected chi connectivity index (χ0v) is 7.41. The van der Waals surface area contributed by atoms with Crippen LogP contribution in [0.1, 0.15) is 19.2 Å². The number of H-pyrrole nitrogens is 1. The van der Waals surface area contributed by atoms with Crippen molar-refractivity contribution in [3.05, 3.63) is 5.82 Å². The Bertz CT molecular complexity index is 257. The quantitative estimate of drug-likeness (QED) is 0.629. The average Bonchev–Trinajstić information content (AvgIpc) is 2.59. The minimum absolute atomic E-state index is 0.0990. The van der Waals surface area contributed by atoms with Gasteiger partial charge < -0.3 is 4.90 Å². The summed E-state index contributed by atoms with van der Waals surface area (Å²) < 4.78 is 0. The largest absolute Gasteiger partial charge is 0.305 e. The first-order chi connectivity index (χ1) is 5.71. The second-order valence-corrected chi connectivity index (χ2v) is 3.78. The first-order valence-electron chi connectivity index (χ1n) is 4.13. The van der Waals surface area contributed by atoms with Crippen molar-refractivity contribution in [2.45, 2.75) is 18.8 Å². The second kappa shape index (κ2) is 2.52. The van der Waals surface area contributed by atoms with E-state index in [0.29, 0.717) is 0 Å². The van der Waals surface area contributed by atoms with Gasteiger partial charge in [0, 0.05) is 12.0 Å². The molecular weight excluding hydrogens is 154 g/mol. The normalized spacial score (nSPS) is 31.2. The molecule has 1 saturated heterocycles. The lowest BCUT2D eigenvalue weighted by Crippen LogP contribution is -2.27. The predicted molar refractivity (Wildman–Crippen MR) is 43.6 cm³/mol. The molecule has 1 unspecified atom stereocenters. The third-order valence-electron chi connectivity index (χ3n) is 2.55. The molecule has 0 radical (unpaired) electrons. The zero-order valence-electron chi connectivity index (χ0n) is 7.41. The van der Waals surface area contributed by atoms with Crippen molar-refractivity contribution in [2.24, 2.45) is 0 Å². The van der Waals surface area contributed by atoms with Crippen molar-refractivity contribution >= 4 is 0 Å². The maximum atomic E-state index is 4.03. The van der Waals surface area contributed by atoms with E-state index in [2.05, 4.69) is 39.5 Å². The first-order valence-corrected chi connectivity index (χ1v) is 4.13. The van der Waals surface area contributed by atoms with Crippen LogP contribution in [0.25, 0.3) is 0 Å². The Morgan fingerprint density at radius 2 is 2.42 bits per heavy atom. The standard InChI is InChI=1S/C7H13N5/c1-7(3-4-12(2)5-7)6-8-10-11-9-6/h3-5H2,1-2H3,(H,8,9,10,11). The Morgan fingerprint density at radius 3 is 2.92 bits per heavy atom. The van der Waals surface area contributed by atoms with E-state index in [9.17, 15) is 0 Å². The molecule has 0 aromatic carbocycles. The number of likely N-dealkylation sites (tertiary alicyclic amines) is 1. The molecule has 66 valence electrons. The fraction of sp³-hybridized carbons (Fsp3) is 0.857. The molecule has 5 heteroatoms. The number of aromatic amines is 1. The molecule has 0 aliphatic carbocycles. The van der Waals surface area contributed by atoms with E-state index in [-0.39, 0.29) is 5.41 Å². The highest BCUT2D eigenvalue weighted by atomic mass is 15.5. The number of nitrogens with zero attached hydrogens (tertiary/aromatic N) is 4. The predicted octanol–water partition coefficient (Wildman–Crippen LogP) is -0.207. The number of tetrazole rings is 1. The van der Waals surface area contributed by atoms with E-state index in [1.165, 1.54) is 0 Å². The van der Waals surface area contributed by atoms with E-state index >= 15 is 0 Å². The summed E-state index contributed by atoms with van der Waals surface area (Å²) in [5, 5.41) is 14.1. The fourth-order valence-corrected chi connectivity index (χ4v) is 1.79. The van der Waals surface area contributed by atoms with Crippen molar-refractivity contribution in [3.63, 3.8) is 0 Å². The van der Waals surface area contributed by atoms with Crippen molar-refractivity contribution < 1.29 is 0 Å². The van der Waals surface area contributed by atoms with Gasteiger partial charge in [-0.25, -0.2) is 0 Å². The molecule has 12 heavy (non-hydrogen) atoms. The summed E-state index contributed by atoms with van der Waals surface area (Å²) in [4.78, 5) is 2.29. The van der Waals surface area contributed by atoms with Gasteiger partial charge in [0.25, 0.3) is 0 Å². The van der Waals surface area contributed by atoms with Gasteiger partial charge in [-0.1, -0.05) is 12.1 Å². The summed E-state index contributed by atoms with van der Waals surface area (Å²) in [5.41, 5.74) is 0.0990. The van der Waals surface area contributed by atoms with E-state index < -0.39 is 0 Å². The Morgan fingerprint density at radius 1 is 1.58 bits per heavy atom. The number of rotatable bonds is 1. The van der Waals surface area contributed by atoms with E-state index in [0.717, 1.165) is 25.3 Å². The Hall–Kier alpha value is -0.970. The van der Waals surface area contributed by atoms with Gasteiger partial charge in [-0.2, -0.15) is 5.21 Å². The molecule has 1 aliphatic heterocycles. The summed E-state index contributed by atoms with van der Waals surface area (Å²) in [6.07, 6.45) is 1.11. The van der Waals surface area contributed by atoms with E-state index in [1.807, 2.05) is 0 Å². The fourth-order valence-electron chi connectivity index (χ4n) is 1.79. The molecule has 1 aliphatic rings. The van der Waals surface area contributed by atoms with Crippen molar-refractivity contribution in [2.75, 3.05) is 20.1 Å². The van der Waals surface area contributed by atoms with Gasteiger partial charge in [0.05, 0.1) is 0 Å². The molecule has 1 aromatic heterocycles. The van der Waals surface area contributed by atoms with E-state index in [1.54, 1.807) is 0 Å². The number of aromatic nitrogens is 4. The molecule has 0 bridgehead atoms. The highest BCUT2D eigenvalue weighted by Crippen LogP contribution is 2.29. The van der Waals surface area contributed by atoms with Gasteiger partial charge in [0.2, 0.25) is 0 Å². The summed E-state index contributed by atoms with van der Waals surface area (Å²) in [7, 11) is 2.12. The lowest BCUT2D eigenvalue weighted by atomic mass is 9.89. The Kier molecular flexibility index (Phi) is 1.61. The molecular formula is C7H13N5. The maximum Gasteiger partial charge on any atom is 0.181 e. The zero-order chi connectivity index (χ0) is 8.60. The van der Waals surface area contributed by atoms with Gasteiger partial charge in [0.1, 0.15) is 0 Å². The molecule has 1 N–H and O–H groups in total. The summed E-state index contributed by atoms with van der Waals surface area (Å²) in [6.45, 7) is 4.32. The smallest absolute Gasteiger partial charge is 0.181 e. The average molecular weight is 167 g/mol. The third-order valence-corrected chi connectivity index (χ3v) is 2.55. The lowest BCUT2D eigenvalue weighted by Gasteiger charge is -2.18. The van der Waals surface area contributed by atoms with Crippen LogP contribution < -0.4 is 0 Å². The monoisotopic (exact) mass is 167 g/mol. The highest BCUT2D eigenvalue weighted by molar-refractivity contribution is 5.07. The van der Waals surface area contributed by atoms with Crippen LogP contribution in [0.15, 0.2) is 0 Å². The van der Waals surface area contributed by atoms with Crippen molar-refractivity contribution in [1.29, 1.82) is 0 Å². The number of hydrogen-bond donors (Lipinski definition) is 1. The second-order valence-electron chi connectivity index (χ2n) is 3.78. The summed E-state index contributed by atoms with van der Waals surface area (Å²) in [6, 6.07) is 0. The van der Waals surface area contributed by atoms with Gasteiger partial charge in [0.15, 0.2) is 5.82 Å². The summed E-state index contributed by atoms with van der Waals surface area (Å²) >= 11 is 0. The van der Waals surface area contributed by atoms with Crippen LogP contribution in [0.5, 0.6) is 0 Å².